The average molecular weight is 247 g/mol. The van der Waals surface area contributed by atoms with Crippen molar-refractivity contribution in [2.24, 2.45) is 11.7 Å². The highest BCUT2D eigenvalue weighted by Crippen LogP contribution is 2.28. The summed E-state index contributed by atoms with van der Waals surface area (Å²) in [5, 5.41) is 0. The molecule has 0 aliphatic heterocycles. The molecule has 1 aromatic heterocycles. The summed E-state index contributed by atoms with van der Waals surface area (Å²) in [4.78, 5) is 18.2. The smallest absolute Gasteiger partial charge is 0.225 e. The Morgan fingerprint density at radius 1 is 1.44 bits per heavy atom. The fourth-order valence-electron chi connectivity index (χ4n) is 2.59. The SMILES string of the molecule is CC(c1ccncc1)N(C)C(=O)C1CCC(N)C1. The van der Waals surface area contributed by atoms with Crippen LogP contribution in [0.4, 0.5) is 0 Å². The molecule has 2 N–H and O–H groups in total. The van der Waals surface area contributed by atoms with Crippen LogP contribution in [0, 0.1) is 5.92 Å². The van der Waals surface area contributed by atoms with Crippen LogP contribution in [0.15, 0.2) is 24.5 Å². The summed E-state index contributed by atoms with van der Waals surface area (Å²) in [6, 6.07) is 4.19. The summed E-state index contributed by atoms with van der Waals surface area (Å²) in [5.41, 5.74) is 6.99. The number of rotatable bonds is 3. The van der Waals surface area contributed by atoms with E-state index in [1.807, 2.05) is 31.0 Å². The molecule has 3 unspecified atom stereocenters. The third-order valence-electron chi connectivity index (χ3n) is 3.94. The van der Waals surface area contributed by atoms with E-state index in [1.165, 1.54) is 0 Å². The molecular formula is C14H21N3O. The van der Waals surface area contributed by atoms with Gasteiger partial charge in [0.1, 0.15) is 0 Å². The Morgan fingerprint density at radius 3 is 2.67 bits per heavy atom. The second-order valence-electron chi connectivity index (χ2n) is 5.18. The van der Waals surface area contributed by atoms with E-state index in [0.717, 1.165) is 24.8 Å². The van der Waals surface area contributed by atoms with Crippen molar-refractivity contribution in [3.8, 4) is 0 Å². The van der Waals surface area contributed by atoms with Gasteiger partial charge in [0.25, 0.3) is 0 Å². The predicted molar refractivity (Wildman–Crippen MR) is 70.7 cm³/mol. The molecule has 4 heteroatoms. The van der Waals surface area contributed by atoms with Crippen molar-refractivity contribution < 1.29 is 4.79 Å². The highest BCUT2D eigenvalue weighted by atomic mass is 16.2. The number of carbonyl (C=O) groups excluding carboxylic acids is 1. The summed E-state index contributed by atoms with van der Waals surface area (Å²) in [7, 11) is 1.87. The second-order valence-corrected chi connectivity index (χ2v) is 5.18. The number of aromatic nitrogens is 1. The summed E-state index contributed by atoms with van der Waals surface area (Å²) < 4.78 is 0. The Morgan fingerprint density at radius 2 is 2.11 bits per heavy atom. The third kappa shape index (κ3) is 2.70. The van der Waals surface area contributed by atoms with Crippen LogP contribution in [0.2, 0.25) is 0 Å². The first kappa shape index (κ1) is 13.0. The molecule has 1 aromatic rings. The molecule has 0 saturated heterocycles. The number of carbonyl (C=O) groups is 1. The van der Waals surface area contributed by atoms with Crippen LogP contribution < -0.4 is 5.73 Å². The molecule has 0 aromatic carbocycles. The van der Waals surface area contributed by atoms with E-state index in [-0.39, 0.29) is 23.9 Å². The first-order chi connectivity index (χ1) is 8.59. The Labute approximate surface area is 108 Å². The van der Waals surface area contributed by atoms with E-state index in [2.05, 4.69) is 4.98 Å². The minimum absolute atomic E-state index is 0.0809. The Kier molecular flexibility index (Phi) is 3.97. The lowest BCUT2D eigenvalue weighted by Crippen LogP contribution is -2.34. The molecule has 98 valence electrons. The van der Waals surface area contributed by atoms with E-state index in [1.54, 1.807) is 12.4 Å². The zero-order chi connectivity index (χ0) is 13.1. The maximum absolute atomic E-state index is 12.4. The van der Waals surface area contributed by atoms with Crippen molar-refractivity contribution in [1.82, 2.24) is 9.88 Å². The van der Waals surface area contributed by atoms with Crippen molar-refractivity contribution in [2.75, 3.05) is 7.05 Å². The fraction of sp³-hybridized carbons (Fsp3) is 0.571. The van der Waals surface area contributed by atoms with Gasteiger partial charge in [-0.2, -0.15) is 0 Å². The van der Waals surface area contributed by atoms with Crippen molar-refractivity contribution in [3.63, 3.8) is 0 Å². The van der Waals surface area contributed by atoms with Crippen molar-refractivity contribution in [1.29, 1.82) is 0 Å². The lowest BCUT2D eigenvalue weighted by molar-refractivity contribution is -0.136. The summed E-state index contributed by atoms with van der Waals surface area (Å²) in [5.74, 6) is 0.321. The zero-order valence-corrected chi connectivity index (χ0v) is 11.0. The molecule has 0 bridgehead atoms. The van der Waals surface area contributed by atoms with Crippen LogP contribution in [0.5, 0.6) is 0 Å². The van der Waals surface area contributed by atoms with Crippen LogP contribution in [0.3, 0.4) is 0 Å². The summed E-state index contributed by atoms with van der Waals surface area (Å²) in [6.45, 7) is 2.04. The van der Waals surface area contributed by atoms with Gasteiger partial charge in [-0.1, -0.05) is 0 Å². The zero-order valence-electron chi connectivity index (χ0n) is 11.0. The molecule has 1 fully saturated rings. The molecule has 4 nitrogen and oxygen atoms in total. The van der Waals surface area contributed by atoms with E-state index in [0.29, 0.717) is 0 Å². The van der Waals surface area contributed by atoms with E-state index in [4.69, 9.17) is 5.73 Å². The minimum atomic E-state index is 0.0809. The number of hydrogen-bond acceptors (Lipinski definition) is 3. The molecule has 1 aliphatic carbocycles. The molecular weight excluding hydrogens is 226 g/mol. The summed E-state index contributed by atoms with van der Waals surface area (Å²) >= 11 is 0. The number of pyridine rings is 1. The predicted octanol–water partition coefficient (Wildman–Crippen LogP) is 1.73. The van der Waals surface area contributed by atoms with Gasteiger partial charge in [0, 0.05) is 31.4 Å². The van der Waals surface area contributed by atoms with Gasteiger partial charge in [-0.05, 0) is 43.9 Å². The molecule has 1 aliphatic rings. The molecule has 0 spiro atoms. The van der Waals surface area contributed by atoms with Gasteiger partial charge in [-0.25, -0.2) is 0 Å². The largest absolute Gasteiger partial charge is 0.339 e. The molecule has 1 heterocycles. The van der Waals surface area contributed by atoms with Crippen LogP contribution in [-0.4, -0.2) is 28.9 Å². The molecule has 18 heavy (non-hydrogen) atoms. The first-order valence-corrected chi connectivity index (χ1v) is 6.51. The van der Waals surface area contributed by atoms with Gasteiger partial charge in [0.05, 0.1) is 6.04 Å². The monoisotopic (exact) mass is 247 g/mol. The van der Waals surface area contributed by atoms with Crippen LogP contribution in [0.1, 0.15) is 37.8 Å². The van der Waals surface area contributed by atoms with Crippen molar-refractivity contribution >= 4 is 5.91 Å². The van der Waals surface area contributed by atoms with Crippen molar-refractivity contribution in [2.45, 2.75) is 38.3 Å². The molecule has 2 rings (SSSR count). The molecule has 1 amide bonds. The normalized spacial score (nSPS) is 24.8. The summed E-state index contributed by atoms with van der Waals surface area (Å²) in [6.07, 6.45) is 6.23. The highest BCUT2D eigenvalue weighted by Gasteiger charge is 2.31. The third-order valence-corrected chi connectivity index (χ3v) is 3.94. The van der Waals surface area contributed by atoms with Gasteiger partial charge in [-0.3, -0.25) is 9.78 Å². The van der Waals surface area contributed by atoms with Gasteiger partial charge >= 0.3 is 0 Å². The Balaban J connectivity index is 2.02. The highest BCUT2D eigenvalue weighted by molar-refractivity contribution is 5.79. The van der Waals surface area contributed by atoms with Crippen LogP contribution in [-0.2, 0) is 4.79 Å². The Bertz CT molecular complexity index is 407. The lowest BCUT2D eigenvalue weighted by Gasteiger charge is -2.27. The van der Waals surface area contributed by atoms with Gasteiger partial charge in [-0.15, -0.1) is 0 Å². The number of hydrogen-bond donors (Lipinski definition) is 1. The molecule has 0 radical (unpaired) electrons. The quantitative estimate of drug-likeness (QED) is 0.885. The fourth-order valence-corrected chi connectivity index (χ4v) is 2.59. The van der Waals surface area contributed by atoms with E-state index < -0.39 is 0 Å². The molecule has 1 saturated carbocycles. The molecule has 3 atom stereocenters. The van der Waals surface area contributed by atoms with E-state index in [9.17, 15) is 4.79 Å². The number of nitrogens with two attached hydrogens (primary N) is 1. The van der Waals surface area contributed by atoms with Gasteiger partial charge in [0.15, 0.2) is 0 Å². The maximum atomic E-state index is 12.4. The minimum Gasteiger partial charge on any atom is -0.339 e. The number of nitrogens with zero attached hydrogens (tertiary/aromatic N) is 2. The first-order valence-electron chi connectivity index (χ1n) is 6.51. The topological polar surface area (TPSA) is 59.2 Å². The van der Waals surface area contributed by atoms with E-state index >= 15 is 0 Å². The average Bonchev–Trinajstić information content (AvgIpc) is 2.84. The standard InChI is InChI=1S/C14H21N3O/c1-10(11-5-7-16-8-6-11)17(2)14(18)12-3-4-13(15)9-12/h5-8,10,12-13H,3-4,9,15H2,1-2H3. The van der Waals surface area contributed by atoms with Crippen molar-refractivity contribution in [3.05, 3.63) is 30.1 Å². The van der Waals surface area contributed by atoms with Crippen LogP contribution in [0.25, 0.3) is 0 Å². The van der Waals surface area contributed by atoms with Gasteiger partial charge in [0.2, 0.25) is 5.91 Å². The second kappa shape index (κ2) is 5.48. The number of amides is 1. The Hall–Kier alpha value is -1.42. The van der Waals surface area contributed by atoms with Gasteiger partial charge < -0.3 is 10.6 Å². The lowest BCUT2D eigenvalue weighted by atomic mass is 10.0. The van der Waals surface area contributed by atoms with Crippen LogP contribution >= 0.6 is 0 Å². The maximum Gasteiger partial charge on any atom is 0.225 e.